The third-order valence-corrected chi connectivity index (χ3v) is 7.10. The van der Waals surface area contributed by atoms with Crippen molar-refractivity contribution in [3.05, 3.63) is 53.2 Å². The Morgan fingerprint density at radius 3 is 2.93 bits per heavy atom. The predicted molar refractivity (Wildman–Crippen MR) is 117 cm³/mol. The van der Waals surface area contributed by atoms with E-state index in [1.807, 2.05) is 30.4 Å². The van der Waals surface area contributed by atoms with Crippen molar-refractivity contribution >= 4 is 50.4 Å². The second-order valence-corrected chi connectivity index (χ2v) is 8.81. The molecule has 7 heteroatoms. The largest absolute Gasteiger partial charge is 0.325 e. The molecule has 1 unspecified atom stereocenters. The molecule has 144 valence electrons. The van der Waals surface area contributed by atoms with Crippen LogP contribution in [0.1, 0.15) is 31.4 Å². The van der Waals surface area contributed by atoms with Crippen molar-refractivity contribution in [2.75, 3.05) is 5.32 Å². The molecule has 4 aromatic rings. The van der Waals surface area contributed by atoms with E-state index in [1.54, 1.807) is 17.7 Å². The highest BCUT2D eigenvalue weighted by Gasteiger charge is 2.22. The van der Waals surface area contributed by atoms with Crippen molar-refractivity contribution in [2.24, 2.45) is 0 Å². The van der Waals surface area contributed by atoms with Crippen LogP contribution in [0.25, 0.3) is 15.7 Å². The number of thioether (sulfide) groups is 1. The highest BCUT2D eigenvalue weighted by molar-refractivity contribution is 8.00. The van der Waals surface area contributed by atoms with Crippen molar-refractivity contribution < 1.29 is 4.79 Å². The first-order chi connectivity index (χ1) is 13.6. The summed E-state index contributed by atoms with van der Waals surface area (Å²) in [6.07, 6.45) is 3.32. The average Bonchev–Trinajstić information content (AvgIpc) is 3.29. The van der Waals surface area contributed by atoms with Gasteiger partial charge in [0.1, 0.15) is 11.4 Å². The fourth-order valence-electron chi connectivity index (χ4n) is 3.36. The minimum absolute atomic E-state index is 0.00803. The molecule has 1 amide bonds. The van der Waals surface area contributed by atoms with Crippen LogP contribution in [0.15, 0.2) is 47.1 Å². The molecule has 4 rings (SSSR count). The Hall–Kier alpha value is -2.38. The third kappa shape index (κ3) is 3.40. The molecule has 3 heterocycles. The lowest BCUT2D eigenvalue weighted by Gasteiger charge is -2.18. The van der Waals surface area contributed by atoms with Crippen molar-refractivity contribution in [1.29, 1.82) is 0 Å². The van der Waals surface area contributed by atoms with Gasteiger partial charge in [-0.2, -0.15) is 0 Å². The normalized spacial score (nSPS) is 12.5. The molecule has 3 aromatic heterocycles. The Kier molecular flexibility index (Phi) is 5.37. The Labute approximate surface area is 172 Å². The summed E-state index contributed by atoms with van der Waals surface area (Å²) < 4.78 is 3.24. The maximum Gasteiger partial charge on any atom is 0.237 e. The number of aryl methyl sites for hydroxylation is 2. The van der Waals surface area contributed by atoms with Gasteiger partial charge >= 0.3 is 0 Å². The summed E-state index contributed by atoms with van der Waals surface area (Å²) in [5.41, 5.74) is 5.30. The smallest absolute Gasteiger partial charge is 0.237 e. The molecule has 0 spiro atoms. The van der Waals surface area contributed by atoms with Crippen LogP contribution in [0, 0.1) is 6.92 Å². The van der Waals surface area contributed by atoms with Gasteiger partial charge < -0.3 is 5.32 Å². The van der Waals surface area contributed by atoms with Crippen LogP contribution in [-0.2, 0) is 11.2 Å². The molecule has 28 heavy (non-hydrogen) atoms. The molecule has 5 nitrogen and oxygen atoms in total. The molecule has 1 N–H and O–H groups in total. The van der Waals surface area contributed by atoms with E-state index in [2.05, 4.69) is 46.0 Å². The number of rotatable bonds is 6. The van der Waals surface area contributed by atoms with Gasteiger partial charge in [0.05, 0.1) is 21.0 Å². The first-order valence-electron chi connectivity index (χ1n) is 9.38. The number of benzene rings is 1. The van der Waals surface area contributed by atoms with Gasteiger partial charge in [0.15, 0.2) is 0 Å². The number of hydrogen-bond donors (Lipinski definition) is 1. The topological polar surface area (TPSA) is 59.3 Å². The molecule has 0 fully saturated rings. The quantitative estimate of drug-likeness (QED) is 0.437. The lowest BCUT2D eigenvalue weighted by atomic mass is 10.1. The van der Waals surface area contributed by atoms with E-state index in [0.29, 0.717) is 6.42 Å². The number of fused-ring (bicyclic) bond motifs is 3. The first-order valence-corrected chi connectivity index (χ1v) is 11.1. The van der Waals surface area contributed by atoms with Gasteiger partial charge in [-0.1, -0.05) is 43.8 Å². The number of anilines is 1. The van der Waals surface area contributed by atoms with E-state index in [4.69, 9.17) is 0 Å². The molecule has 0 aliphatic heterocycles. The third-order valence-electron chi connectivity index (χ3n) is 4.90. The Morgan fingerprint density at radius 2 is 2.14 bits per heavy atom. The number of carbonyl (C=O) groups is 1. The average molecular weight is 411 g/mol. The minimum Gasteiger partial charge on any atom is -0.325 e. The van der Waals surface area contributed by atoms with Crippen LogP contribution in [0.4, 0.5) is 5.69 Å². The maximum absolute atomic E-state index is 13.0. The second kappa shape index (κ2) is 7.93. The monoisotopic (exact) mass is 410 g/mol. The Morgan fingerprint density at radius 1 is 1.29 bits per heavy atom. The zero-order valence-electron chi connectivity index (χ0n) is 16.1. The SMILES string of the molecule is CCc1cccc(C)c1NC(=O)C(CC)Sc1nncn2c1cc1sccc12. The van der Waals surface area contributed by atoms with Gasteiger partial charge in [-0.05, 0) is 48.4 Å². The van der Waals surface area contributed by atoms with E-state index >= 15 is 0 Å². The summed E-state index contributed by atoms with van der Waals surface area (Å²) >= 11 is 3.18. The van der Waals surface area contributed by atoms with E-state index in [9.17, 15) is 4.79 Å². The second-order valence-electron chi connectivity index (χ2n) is 6.67. The van der Waals surface area contributed by atoms with Crippen LogP contribution in [-0.4, -0.2) is 25.8 Å². The lowest BCUT2D eigenvalue weighted by Crippen LogP contribution is -2.25. The minimum atomic E-state index is -0.238. The van der Waals surface area contributed by atoms with E-state index in [1.165, 1.54) is 16.5 Å². The highest BCUT2D eigenvalue weighted by atomic mass is 32.2. The first kappa shape index (κ1) is 19.0. The zero-order valence-corrected chi connectivity index (χ0v) is 17.7. The van der Waals surface area contributed by atoms with Crippen molar-refractivity contribution in [2.45, 2.75) is 43.9 Å². The van der Waals surface area contributed by atoms with Crippen LogP contribution in [0.3, 0.4) is 0 Å². The molecule has 0 radical (unpaired) electrons. The lowest BCUT2D eigenvalue weighted by molar-refractivity contribution is -0.115. The van der Waals surface area contributed by atoms with Gasteiger partial charge in [-0.15, -0.1) is 21.5 Å². The summed E-state index contributed by atoms with van der Waals surface area (Å²) in [7, 11) is 0. The number of nitrogens with one attached hydrogen (secondary N) is 1. The number of thiophene rings is 1. The fourth-order valence-corrected chi connectivity index (χ4v) is 5.15. The van der Waals surface area contributed by atoms with Crippen LogP contribution in [0.5, 0.6) is 0 Å². The molecule has 0 bridgehead atoms. The highest BCUT2D eigenvalue weighted by Crippen LogP contribution is 2.33. The van der Waals surface area contributed by atoms with Gasteiger partial charge in [-0.3, -0.25) is 9.20 Å². The summed E-state index contributed by atoms with van der Waals surface area (Å²) in [5, 5.41) is 14.3. The van der Waals surface area contributed by atoms with Crippen LogP contribution in [0.2, 0.25) is 0 Å². The Bertz CT molecular complexity index is 1150. The van der Waals surface area contributed by atoms with E-state index in [-0.39, 0.29) is 11.2 Å². The molecular weight excluding hydrogens is 388 g/mol. The number of amides is 1. The number of nitrogens with zero attached hydrogens (tertiary/aromatic N) is 3. The summed E-state index contributed by atoms with van der Waals surface area (Å²) in [6, 6.07) is 10.3. The summed E-state index contributed by atoms with van der Waals surface area (Å²) in [4.78, 5) is 13.0. The van der Waals surface area contributed by atoms with Crippen LogP contribution < -0.4 is 5.32 Å². The predicted octanol–water partition coefficient (Wildman–Crippen LogP) is 5.32. The van der Waals surface area contributed by atoms with Gasteiger partial charge in [0.25, 0.3) is 0 Å². The summed E-state index contributed by atoms with van der Waals surface area (Å²) in [6.45, 7) is 6.16. The number of aromatic nitrogens is 3. The number of para-hydroxylation sites is 1. The molecule has 0 aliphatic carbocycles. The zero-order chi connectivity index (χ0) is 19.7. The molecule has 0 saturated heterocycles. The number of carbonyl (C=O) groups excluding carboxylic acids is 1. The van der Waals surface area contributed by atoms with E-state index < -0.39 is 0 Å². The van der Waals surface area contributed by atoms with Crippen molar-refractivity contribution in [3.63, 3.8) is 0 Å². The maximum atomic E-state index is 13.0. The molecule has 0 aliphatic rings. The molecule has 1 aromatic carbocycles. The van der Waals surface area contributed by atoms with Crippen LogP contribution >= 0.6 is 23.1 Å². The molecular formula is C21H22N4OS2. The number of hydrogen-bond acceptors (Lipinski definition) is 5. The molecule has 1 atom stereocenters. The van der Waals surface area contributed by atoms with Gasteiger partial charge in [0.2, 0.25) is 5.91 Å². The Balaban J connectivity index is 1.61. The van der Waals surface area contributed by atoms with Crippen molar-refractivity contribution in [3.8, 4) is 0 Å². The summed E-state index contributed by atoms with van der Waals surface area (Å²) in [5.74, 6) is 0.00803. The standard InChI is InChI=1S/C21H22N4OS2/c1-4-14-8-6-7-13(3)19(14)23-20(26)17(5-2)28-21-16-11-18-15(9-10-27-18)25(16)12-22-24-21/h6-12,17H,4-5H2,1-3H3,(H,23,26). The van der Waals surface area contributed by atoms with E-state index in [0.717, 1.165) is 39.3 Å². The van der Waals surface area contributed by atoms with Gasteiger partial charge in [-0.25, -0.2) is 0 Å². The molecule has 0 saturated carbocycles. The van der Waals surface area contributed by atoms with Crippen molar-refractivity contribution in [1.82, 2.24) is 14.6 Å². The van der Waals surface area contributed by atoms with Gasteiger partial charge in [0, 0.05) is 5.69 Å². The fraction of sp³-hybridized carbons (Fsp3) is 0.286.